The third-order valence-corrected chi connectivity index (χ3v) is 4.03. The van der Waals surface area contributed by atoms with E-state index < -0.39 is 5.97 Å². The maximum atomic E-state index is 11.4. The van der Waals surface area contributed by atoms with Crippen LogP contribution in [-0.2, 0) is 12.8 Å². The summed E-state index contributed by atoms with van der Waals surface area (Å²) in [6.07, 6.45) is 3.97. The molecule has 1 aliphatic rings. The number of rotatable bonds is 3. The van der Waals surface area contributed by atoms with Gasteiger partial charge in [-0.3, -0.25) is 0 Å². The molecule has 0 spiro atoms. The Labute approximate surface area is 119 Å². The number of nitrogens with zero attached hydrogens (tertiary/aromatic N) is 3. The zero-order valence-electron chi connectivity index (χ0n) is 10.9. The van der Waals surface area contributed by atoms with Crippen molar-refractivity contribution < 1.29 is 14.3 Å². The normalized spacial score (nSPS) is 14.1. The Morgan fingerprint density at radius 2 is 2.15 bits per heavy atom. The van der Waals surface area contributed by atoms with E-state index in [0.29, 0.717) is 16.1 Å². The summed E-state index contributed by atoms with van der Waals surface area (Å²) in [6.45, 7) is 1.69. The van der Waals surface area contributed by atoms with Gasteiger partial charge in [0.05, 0.1) is 5.56 Å². The highest BCUT2D eigenvalue weighted by molar-refractivity contribution is 7.99. The number of aromatic nitrogens is 3. The summed E-state index contributed by atoms with van der Waals surface area (Å²) in [7, 11) is 0. The maximum absolute atomic E-state index is 11.4. The molecule has 0 radical (unpaired) electrons. The first kappa shape index (κ1) is 13.1. The number of carbonyl (C=O) groups is 1. The number of pyridine rings is 1. The van der Waals surface area contributed by atoms with Crippen molar-refractivity contribution in [2.24, 2.45) is 0 Å². The Morgan fingerprint density at radius 3 is 2.85 bits per heavy atom. The van der Waals surface area contributed by atoms with Gasteiger partial charge in [-0.15, -0.1) is 10.2 Å². The van der Waals surface area contributed by atoms with E-state index in [0.717, 1.165) is 48.7 Å². The Morgan fingerprint density at radius 1 is 1.35 bits per heavy atom. The van der Waals surface area contributed by atoms with Crippen LogP contribution in [0.15, 0.2) is 20.7 Å². The van der Waals surface area contributed by atoms with Crippen LogP contribution >= 0.6 is 11.8 Å². The van der Waals surface area contributed by atoms with E-state index in [1.807, 2.05) is 0 Å². The van der Waals surface area contributed by atoms with Crippen molar-refractivity contribution in [3.05, 3.63) is 28.8 Å². The van der Waals surface area contributed by atoms with E-state index in [2.05, 4.69) is 15.2 Å². The smallest absolute Gasteiger partial charge is 0.338 e. The molecule has 0 unspecified atom stereocenters. The van der Waals surface area contributed by atoms with Crippen LogP contribution in [0.25, 0.3) is 0 Å². The van der Waals surface area contributed by atoms with Crippen molar-refractivity contribution in [2.75, 3.05) is 0 Å². The number of aromatic carboxylic acids is 1. The predicted octanol–water partition coefficient (Wildman–Crippen LogP) is 2.50. The van der Waals surface area contributed by atoms with E-state index >= 15 is 0 Å². The zero-order valence-corrected chi connectivity index (χ0v) is 11.7. The van der Waals surface area contributed by atoms with Gasteiger partial charge in [-0.2, -0.15) is 0 Å². The highest BCUT2D eigenvalue weighted by Crippen LogP contribution is 2.31. The summed E-state index contributed by atoms with van der Waals surface area (Å²) in [4.78, 5) is 15.9. The number of aryl methyl sites for hydroxylation is 3. The van der Waals surface area contributed by atoms with Crippen LogP contribution in [0.4, 0.5) is 0 Å². The number of carboxylic acid groups (broad SMARTS) is 1. The van der Waals surface area contributed by atoms with Crippen LogP contribution in [0.1, 0.15) is 40.3 Å². The van der Waals surface area contributed by atoms with Crippen LogP contribution < -0.4 is 0 Å². The fourth-order valence-corrected chi connectivity index (χ4v) is 3.07. The molecule has 104 valence electrons. The van der Waals surface area contributed by atoms with Gasteiger partial charge < -0.3 is 9.52 Å². The molecule has 3 rings (SSSR count). The second kappa shape index (κ2) is 5.24. The van der Waals surface area contributed by atoms with Crippen molar-refractivity contribution >= 4 is 17.7 Å². The molecule has 0 saturated carbocycles. The summed E-state index contributed by atoms with van der Waals surface area (Å²) in [5.41, 5.74) is 2.23. The lowest BCUT2D eigenvalue weighted by atomic mass is 9.95. The lowest BCUT2D eigenvalue weighted by Gasteiger charge is -2.16. The topological polar surface area (TPSA) is 89.1 Å². The Balaban J connectivity index is 2.01. The molecule has 2 aromatic rings. The van der Waals surface area contributed by atoms with Gasteiger partial charge >= 0.3 is 5.97 Å². The van der Waals surface area contributed by atoms with Gasteiger partial charge in [0.2, 0.25) is 5.89 Å². The van der Waals surface area contributed by atoms with E-state index in [1.165, 1.54) is 0 Å². The minimum absolute atomic E-state index is 0.200. The third-order valence-electron chi connectivity index (χ3n) is 3.19. The van der Waals surface area contributed by atoms with E-state index in [9.17, 15) is 9.90 Å². The van der Waals surface area contributed by atoms with Gasteiger partial charge in [-0.05, 0) is 49.1 Å². The molecule has 0 bridgehead atoms. The fraction of sp³-hybridized carbons (Fsp3) is 0.385. The van der Waals surface area contributed by atoms with E-state index in [-0.39, 0.29) is 5.56 Å². The molecule has 2 aromatic heterocycles. The first-order valence-electron chi connectivity index (χ1n) is 6.37. The lowest BCUT2D eigenvalue weighted by molar-refractivity contribution is 0.0692. The Hall–Kier alpha value is -1.89. The van der Waals surface area contributed by atoms with Gasteiger partial charge in [0.25, 0.3) is 5.22 Å². The summed E-state index contributed by atoms with van der Waals surface area (Å²) in [5.74, 6) is -0.535. The highest BCUT2D eigenvalue weighted by Gasteiger charge is 2.21. The molecule has 0 atom stereocenters. The van der Waals surface area contributed by atoms with Crippen molar-refractivity contribution in [3.63, 3.8) is 0 Å². The number of fused-ring (bicyclic) bond motifs is 1. The van der Waals surface area contributed by atoms with Gasteiger partial charge in [-0.1, -0.05) is 0 Å². The molecule has 0 amide bonds. The first-order valence-corrected chi connectivity index (χ1v) is 7.19. The van der Waals surface area contributed by atoms with Gasteiger partial charge in [0.1, 0.15) is 5.03 Å². The lowest BCUT2D eigenvalue weighted by Crippen LogP contribution is -2.10. The van der Waals surface area contributed by atoms with Crippen molar-refractivity contribution in [1.29, 1.82) is 0 Å². The largest absolute Gasteiger partial charge is 0.478 e. The molecule has 0 saturated heterocycles. The van der Waals surface area contributed by atoms with Gasteiger partial charge in [-0.25, -0.2) is 9.78 Å². The zero-order chi connectivity index (χ0) is 14.1. The molecule has 0 aliphatic heterocycles. The number of hydrogen-bond donors (Lipinski definition) is 1. The van der Waals surface area contributed by atoms with Crippen LogP contribution in [0.3, 0.4) is 0 Å². The molecule has 0 fully saturated rings. The predicted molar refractivity (Wildman–Crippen MR) is 71.0 cm³/mol. The summed E-state index contributed by atoms with van der Waals surface area (Å²) in [6, 6.07) is 1.73. The molecular weight excluding hydrogens is 278 g/mol. The first-order chi connectivity index (χ1) is 9.63. The van der Waals surface area contributed by atoms with Crippen molar-refractivity contribution in [2.45, 2.75) is 42.9 Å². The molecule has 0 aromatic carbocycles. The molecule has 6 nitrogen and oxygen atoms in total. The average molecular weight is 291 g/mol. The van der Waals surface area contributed by atoms with Gasteiger partial charge in [0, 0.05) is 12.6 Å². The fourth-order valence-electron chi connectivity index (χ4n) is 2.25. The molecule has 7 heteroatoms. The molecule has 20 heavy (non-hydrogen) atoms. The standard InChI is InChI=1S/C13H13N3O3S/c1-7-15-16-13(19-7)20-11-9(12(17)18)6-8-4-2-3-5-10(8)14-11/h6H,2-5H2,1H3,(H,17,18). The second-order valence-corrected chi connectivity index (χ2v) is 5.59. The van der Waals surface area contributed by atoms with E-state index in [4.69, 9.17) is 4.42 Å². The summed E-state index contributed by atoms with van der Waals surface area (Å²) < 4.78 is 5.27. The molecule has 2 heterocycles. The third kappa shape index (κ3) is 2.53. The number of carboxylic acids is 1. The minimum atomic E-state index is -0.982. The van der Waals surface area contributed by atoms with Crippen LogP contribution in [0.5, 0.6) is 0 Å². The Bertz CT molecular complexity index is 669. The van der Waals surface area contributed by atoms with Crippen LogP contribution in [0.2, 0.25) is 0 Å². The quantitative estimate of drug-likeness (QED) is 0.929. The van der Waals surface area contributed by atoms with Crippen molar-refractivity contribution in [3.8, 4) is 0 Å². The van der Waals surface area contributed by atoms with Crippen LogP contribution in [0, 0.1) is 6.92 Å². The monoisotopic (exact) mass is 291 g/mol. The number of hydrogen-bond acceptors (Lipinski definition) is 6. The minimum Gasteiger partial charge on any atom is -0.478 e. The summed E-state index contributed by atoms with van der Waals surface area (Å²) in [5, 5.41) is 17.7. The molecular formula is C13H13N3O3S. The Kier molecular flexibility index (Phi) is 3.43. The average Bonchev–Trinajstić information content (AvgIpc) is 2.83. The van der Waals surface area contributed by atoms with Crippen molar-refractivity contribution in [1.82, 2.24) is 15.2 Å². The second-order valence-electron chi connectivity index (χ2n) is 4.65. The summed E-state index contributed by atoms with van der Waals surface area (Å²) >= 11 is 1.10. The molecule has 1 aliphatic carbocycles. The van der Waals surface area contributed by atoms with Gasteiger partial charge in [0.15, 0.2) is 0 Å². The molecule has 1 N–H and O–H groups in total. The van der Waals surface area contributed by atoms with Crippen LogP contribution in [-0.4, -0.2) is 26.3 Å². The SMILES string of the molecule is Cc1nnc(Sc2nc3c(cc2C(=O)O)CCCC3)o1. The van der Waals surface area contributed by atoms with E-state index in [1.54, 1.807) is 13.0 Å². The maximum Gasteiger partial charge on any atom is 0.338 e. The highest BCUT2D eigenvalue weighted by atomic mass is 32.2.